The van der Waals surface area contributed by atoms with E-state index < -0.39 is 0 Å². The van der Waals surface area contributed by atoms with Gasteiger partial charge in [0.2, 0.25) is 0 Å². The Labute approximate surface area is 265 Å². The number of hydrogen-bond acceptors (Lipinski definition) is 5. The molecule has 0 atom stereocenters. The lowest BCUT2D eigenvalue weighted by molar-refractivity contribution is 0.415. The predicted octanol–water partition coefficient (Wildman–Crippen LogP) is 11.0. The first kappa shape index (κ1) is 29.4. The summed E-state index contributed by atoms with van der Waals surface area (Å²) in [5.41, 5.74) is 10.9. The van der Waals surface area contributed by atoms with Gasteiger partial charge < -0.3 is 24.6 Å². The van der Waals surface area contributed by atoms with Gasteiger partial charge in [-0.2, -0.15) is 0 Å². The van der Waals surface area contributed by atoms with E-state index in [-0.39, 0.29) is 0 Å². The van der Waals surface area contributed by atoms with Crippen LogP contribution in [-0.2, 0) is 0 Å². The number of hydrogen-bond donors (Lipinski definition) is 1. The normalized spacial score (nSPS) is 10.7. The molecule has 5 heteroatoms. The van der Waals surface area contributed by atoms with Crippen LogP contribution in [0, 0.1) is 13.8 Å². The molecule has 0 aliphatic rings. The average Bonchev–Trinajstić information content (AvgIpc) is 3.09. The van der Waals surface area contributed by atoms with Gasteiger partial charge in [-0.15, -0.1) is 0 Å². The minimum atomic E-state index is 0.819. The lowest BCUT2D eigenvalue weighted by atomic mass is 10.1. The topological polar surface area (TPSA) is 37.0 Å². The van der Waals surface area contributed by atoms with E-state index in [9.17, 15) is 0 Å². The van der Waals surface area contributed by atoms with Gasteiger partial charge in [0.25, 0.3) is 0 Å². The highest BCUT2D eigenvalue weighted by Gasteiger charge is 2.14. The first-order valence-electron chi connectivity index (χ1n) is 15.0. The molecule has 6 aromatic rings. The fourth-order valence-corrected chi connectivity index (χ4v) is 5.30. The van der Waals surface area contributed by atoms with E-state index in [1.54, 1.807) is 14.2 Å². The van der Waals surface area contributed by atoms with Crippen LogP contribution < -0.4 is 24.6 Å². The van der Waals surface area contributed by atoms with Crippen molar-refractivity contribution in [3.05, 3.63) is 157 Å². The Hall–Kier alpha value is -5.68. The molecule has 0 unspecified atom stereocenters. The zero-order valence-corrected chi connectivity index (χ0v) is 26.1. The van der Waals surface area contributed by atoms with Crippen LogP contribution in [0.4, 0.5) is 45.5 Å². The zero-order valence-electron chi connectivity index (χ0n) is 26.1. The van der Waals surface area contributed by atoms with Gasteiger partial charge in [0.05, 0.1) is 14.2 Å². The number of anilines is 8. The second-order valence-electron chi connectivity index (χ2n) is 11.0. The third kappa shape index (κ3) is 6.78. The highest BCUT2D eigenvalue weighted by molar-refractivity contribution is 5.80. The van der Waals surface area contributed by atoms with Crippen LogP contribution in [0.3, 0.4) is 0 Å². The molecular formula is C40H37N3O2. The van der Waals surface area contributed by atoms with Gasteiger partial charge in [0.15, 0.2) is 0 Å². The molecule has 0 fully saturated rings. The number of benzene rings is 6. The van der Waals surface area contributed by atoms with Crippen molar-refractivity contribution in [2.75, 3.05) is 29.3 Å². The number of aryl methyl sites for hydroxylation is 2. The number of rotatable bonds is 10. The predicted molar refractivity (Wildman–Crippen MR) is 188 cm³/mol. The van der Waals surface area contributed by atoms with Crippen molar-refractivity contribution < 1.29 is 9.47 Å². The maximum atomic E-state index is 5.39. The van der Waals surface area contributed by atoms with E-state index in [1.807, 2.05) is 24.3 Å². The summed E-state index contributed by atoms with van der Waals surface area (Å²) in [5, 5.41) is 3.57. The second kappa shape index (κ2) is 13.3. The zero-order chi connectivity index (χ0) is 31.2. The first-order chi connectivity index (χ1) is 22.0. The lowest BCUT2D eigenvalue weighted by Gasteiger charge is -2.26. The molecule has 5 nitrogen and oxygen atoms in total. The van der Waals surface area contributed by atoms with Crippen LogP contribution in [0.5, 0.6) is 11.5 Å². The smallest absolute Gasteiger partial charge is 0.119 e. The van der Waals surface area contributed by atoms with Crippen molar-refractivity contribution in [1.29, 1.82) is 0 Å². The molecule has 0 aromatic heterocycles. The molecule has 0 aliphatic carbocycles. The quantitative estimate of drug-likeness (QED) is 0.171. The summed E-state index contributed by atoms with van der Waals surface area (Å²) in [6.07, 6.45) is 0. The van der Waals surface area contributed by atoms with Crippen molar-refractivity contribution in [3.63, 3.8) is 0 Å². The van der Waals surface area contributed by atoms with E-state index >= 15 is 0 Å². The van der Waals surface area contributed by atoms with E-state index in [0.717, 1.165) is 57.0 Å². The molecule has 0 saturated carbocycles. The lowest BCUT2D eigenvalue weighted by Crippen LogP contribution is -2.10. The molecular weight excluding hydrogens is 554 g/mol. The maximum absolute atomic E-state index is 5.39. The Kier molecular flexibility index (Phi) is 8.70. The van der Waals surface area contributed by atoms with Crippen molar-refractivity contribution >= 4 is 45.5 Å². The number of methoxy groups -OCH3 is 2. The Balaban J connectivity index is 1.24. The summed E-state index contributed by atoms with van der Waals surface area (Å²) < 4.78 is 10.8. The van der Waals surface area contributed by atoms with Crippen molar-refractivity contribution in [2.45, 2.75) is 13.8 Å². The number of nitrogens with zero attached hydrogens (tertiary/aromatic N) is 2. The van der Waals surface area contributed by atoms with Gasteiger partial charge in [-0.3, -0.25) is 0 Å². The van der Waals surface area contributed by atoms with Crippen LogP contribution in [0.25, 0.3) is 0 Å². The Morgan fingerprint density at radius 3 is 0.867 bits per heavy atom. The first-order valence-corrected chi connectivity index (χ1v) is 15.0. The van der Waals surface area contributed by atoms with Crippen LogP contribution in [0.2, 0.25) is 0 Å². The number of ether oxygens (including phenoxy) is 2. The van der Waals surface area contributed by atoms with Gasteiger partial charge >= 0.3 is 0 Å². The van der Waals surface area contributed by atoms with E-state index in [4.69, 9.17) is 9.47 Å². The SMILES string of the molecule is COc1ccc(N(c2ccc(Nc3ccc(N(c4ccc(C)cc4)c4ccc(C)cc4)cc3)cc2)c2ccc(OC)cc2)cc1. The second-order valence-corrected chi connectivity index (χ2v) is 11.0. The third-order valence-electron chi connectivity index (χ3n) is 7.79. The fraction of sp³-hybridized carbons (Fsp3) is 0.100. The minimum absolute atomic E-state index is 0.819. The van der Waals surface area contributed by atoms with E-state index in [0.29, 0.717) is 0 Å². The summed E-state index contributed by atoms with van der Waals surface area (Å²) in [6.45, 7) is 4.23. The molecule has 6 rings (SSSR count). The van der Waals surface area contributed by atoms with Crippen molar-refractivity contribution in [1.82, 2.24) is 0 Å². The van der Waals surface area contributed by atoms with Crippen LogP contribution in [0.1, 0.15) is 11.1 Å². The Bertz CT molecular complexity index is 1720. The Morgan fingerprint density at radius 1 is 0.356 bits per heavy atom. The summed E-state index contributed by atoms with van der Waals surface area (Å²) in [5.74, 6) is 1.64. The summed E-state index contributed by atoms with van der Waals surface area (Å²) in [6, 6.07) is 50.5. The van der Waals surface area contributed by atoms with E-state index in [1.165, 1.54) is 11.1 Å². The third-order valence-corrected chi connectivity index (χ3v) is 7.79. The van der Waals surface area contributed by atoms with Gasteiger partial charge in [0.1, 0.15) is 11.5 Å². The maximum Gasteiger partial charge on any atom is 0.119 e. The highest BCUT2D eigenvalue weighted by atomic mass is 16.5. The van der Waals surface area contributed by atoms with E-state index in [2.05, 4.69) is 150 Å². The number of nitrogens with one attached hydrogen (secondary N) is 1. The van der Waals surface area contributed by atoms with Crippen molar-refractivity contribution in [2.24, 2.45) is 0 Å². The monoisotopic (exact) mass is 591 g/mol. The van der Waals surface area contributed by atoms with Crippen LogP contribution in [-0.4, -0.2) is 14.2 Å². The minimum Gasteiger partial charge on any atom is -0.497 e. The summed E-state index contributed by atoms with van der Waals surface area (Å²) >= 11 is 0. The fourth-order valence-electron chi connectivity index (χ4n) is 5.30. The molecule has 0 amide bonds. The van der Waals surface area contributed by atoms with Gasteiger partial charge in [-0.05, 0) is 135 Å². The molecule has 0 aliphatic heterocycles. The molecule has 0 spiro atoms. The molecule has 45 heavy (non-hydrogen) atoms. The van der Waals surface area contributed by atoms with Gasteiger partial charge in [0, 0.05) is 45.5 Å². The Morgan fingerprint density at radius 2 is 0.600 bits per heavy atom. The summed E-state index contributed by atoms with van der Waals surface area (Å²) in [4.78, 5) is 4.49. The molecule has 0 radical (unpaired) electrons. The summed E-state index contributed by atoms with van der Waals surface area (Å²) in [7, 11) is 3.36. The van der Waals surface area contributed by atoms with Crippen molar-refractivity contribution in [3.8, 4) is 11.5 Å². The molecule has 6 aromatic carbocycles. The van der Waals surface area contributed by atoms with Gasteiger partial charge in [-0.25, -0.2) is 0 Å². The molecule has 0 saturated heterocycles. The highest BCUT2D eigenvalue weighted by Crippen LogP contribution is 2.38. The molecule has 0 heterocycles. The average molecular weight is 592 g/mol. The van der Waals surface area contributed by atoms with Crippen LogP contribution in [0.15, 0.2) is 146 Å². The standard InChI is InChI=1S/C40H37N3O2/c1-29-5-13-33(14-6-29)42(34-15-7-30(2)8-16-34)35-17-9-31(10-18-35)41-32-11-19-36(20-12-32)43(37-21-25-39(44-3)26-22-37)38-23-27-40(45-4)28-24-38/h5-28,41H,1-4H3. The molecule has 1 N–H and O–H groups in total. The molecule has 224 valence electrons. The van der Waals surface area contributed by atoms with Crippen LogP contribution >= 0.6 is 0 Å². The largest absolute Gasteiger partial charge is 0.497 e. The molecule has 0 bridgehead atoms. The van der Waals surface area contributed by atoms with Gasteiger partial charge in [-0.1, -0.05) is 35.4 Å².